The number of methoxy groups -OCH3 is 1. The molecule has 45 heavy (non-hydrogen) atoms. The Morgan fingerprint density at radius 2 is 1.76 bits per heavy atom. The fraction of sp³-hybridized carbons (Fsp3) is 0.147. The largest absolute Gasteiger partial charge is 0.473 e. The van der Waals surface area contributed by atoms with Crippen molar-refractivity contribution in [2.24, 2.45) is 0 Å². The number of carbonyl (C=O) groups is 1. The molecule has 6 aromatic rings. The lowest BCUT2D eigenvalue weighted by Gasteiger charge is -2.11. The predicted octanol–water partition coefficient (Wildman–Crippen LogP) is 7.59. The van der Waals surface area contributed by atoms with E-state index in [2.05, 4.69) is 14.5 Å². The predicted molar refractivity (Wildman–Crippen MR) is 159 cm³/mol. The van der Waals surface area contributed by atoms with E-state index in [1.807, 2.05) is 48.7 Å². The Morgan fingerprint density at radius 1 is 0.933 bits per heavy atom. The molecule has 0 atom stereocenters. The first-order valence-corrected chi connectivity index (χ1v) is 13.9. The van der Waals surface area contributed by atoms with Gasteiger partial charge in [-0.25, -0.2) is 19.2 Å². The fourth-order valence-corrected chi connectivity index (χ4v) is 4.99. The van der Waals surface area contributed by atoms with E-state index in [0.717, 1.165) is 45.8 Å². The van der Waals surface area contributed by atoms with E-state index in [0.29, 0.717) is 30.3 Å². The number of rotatable bonds is 9. The van der Waals surface area contributed by atoms with E-state index in [1.54, 1.807) is 30.3 Å². The van der Waals surface area contributed by atoms with E-state index < -0.39 is 23.5 Å². The van der Waals surface area contributed by atoms with Crippen molar-refractivity contribution >= 4 is 17.0 Å². The summed E-state index contributed by atoms with van der Waals surface area (Å²) in [4.78, 5) is 24.8. The third-order valence-corrected chi connectivity index (χ3v) is 7.33. The molecule has 3 aromatic carbocycles. The maximum atomic E-state index is 14.2. The average Bonchev–Trinajstić information content (AvgIpc) is 3.68. The monoisotopic (exact) mass is 614 g/mol. The number of benzene rings is 3. The second kappa shape index (κ2) is 12.3. The molecule has 1 N–H and O–H groups in total. The van der Waals surface area contributed by atoms with Gasteiger partial charge in [-0.15, -0.1) is 0 Å². The van der Waals surface area contributed by atoms with Gasteiger partial charge in [0.15, 0.2) is 0 Å². The molecular weight excluding hydrogens is 588 g/mol. The summed E-state index contributed by atoms with van der Waals surface area (Å²) in [7, 11) is 1.35. The van der Waals surface area contributed by atoms with Crippen LogP contribution in [0.2, 0.25) is 0 Å². The Kier molecular flexibility index (Phi) is 8.08. The minimum atomic E-state index is -4.63. The van der Waals surface area contributed by atoms with Gasteiger partial charge in [-0.05, 0) is 54.1 Å². The molecule has 0 unspecified atom stereocenters. The van der Waals surface area contributed by atoms with E-state index in [1.165, 1.54) is 7.11 Å². The van der Waals surface area contributed by atoms with Crippen LogP contribution in [-0.4, -0.2) is 32.6 Å². The zero-order chi connectivity index (χ0) is 31.6. The zero-order valence-electron chi connectivity index (χ0n) is 23.9. The number of alkyl halides is 3. The van der Waals surface area contributed by atoms with Crippen LogP contribution in [0, 0.1) is 5.82 Å². The van der Waals surface area contributed by atoms with Crippen molar-refractivity contribution in [3.8, 4) is 17.1 Å². The van der Waals surface area contributed by atoms with Gasteiger partial charge in [0.2, 0.25) is 5.88 Å². The van der Waals surface area contributed by atoms with Gasteiger partial charge < -0.3 is 19.0 Å². The van der Waals surface area contributed by atoms with Gasteiger partial charge in [0.05, 0.1) is 41.5 Å². The smallest absolute Gasteiger partial charge is 0.416 e. The second-order valence-corrected chi connectivity index (χ2v) is 10.3. The van der Waals surface area contributed by atoms with Gasteiger partial charge in [-0.3, -0.25) is 0 Å². The third kappa shape index (κ3) is 6.57. The zero-order valence-corrected chi connectivity index (χ0v) is 23.9. The first-order chi connectivity index (χ1) is 21.7. The summed E-state index contributed by atoms with van der Waals surface area (Å²) in [5.41, 5.74) is 4.37. The number of imidazole rings is 1. The Bertz CT molecular complexity index is 1970. The highest BCUT2D eigenvalue weighted by Gasteiger charge is 2.31. The highest BCUT2D eigenvalue weighted by atomic mass is 19.4. The molecule has 0 amide bonds. The second-order valence-electron chi connectivity index (χ2n) is 10.3. The van der Waals surface area contributed by atoms with Gasteiger partial charge in [-0.1, -0.05) is 36.4 Å². The first-order valence-electron chi connectivity index (χ1n) is 13.9. The fourth-order valence-electron chi connectivity index (χ4n) is 4.99. The number of aromatic nitrogens is 4. The molecule has 0 aliphatic carbocycles. The summed E-state index contributed by atoms with van der Waals surface area (Å²) in [6.45, 7) is 0.262. The molecular formula is C34H26F4N4O3. The van der Waals surface area contributed by atoms with E-state index in [-0.39, 0.29) is 18.1 Å². The van der Waals surface area contributed by atoms with Crippen LogP contribution in [0.15, 0.2) is 97.2 Å². The molecule has 228 valence electrons. The Morgan fingerprint density at radius 3 is 2.47 bits per heavy atom. The summed E-state index contributed by atoms with van der Waals surface area (Å²) >= 11 is 0. The van der Waals surface area contributed by atoms with Crippen molar-refractivity contribution in [3.63, 3.8) is 0 Å². The molecule has 0 bridgehead atoms. The highest BCUT2D eigenvalue weighted by molar-refractivity contribution is 5.93. The lowest BCUT2D eigenvalue weighted by molar-refractivity contribution is -0.137. The van der Waals surface area contributed by atoms with Crippen molar-refractivity contribution in [1.82, 2.24) is 19.5 Å². The minimum absolute atomic E-state index is 0.0108. The Labute approximate surface area is 255 Å². The number of nitrogens with zero attached hydrogens (tertiary/aromatic N) is 3. The number of aromatic amines is 1. The number of esters is 1. The van der Waals surface area contributed by atoms with Crippen LogP contribution in [0.5, 0.6) is 5.88 Å². The summed E-state index contributed by atoms with van der Waals surface area (Å²) in [5, 5.41) is 0. The quantitative estimate of drug-likeness (QED) is 0.134. The van der Waals surface area contributed by atoms with Crippen molar-refractivity contribution < 1.29 is 31.8 Å². The van der Waals surface area contributed by atoms with Crippen LogP contribution in [0.4, 0.5) is 17.6 Å². The summed E-state index contributed by atoms with van der Waals surface area (Å²) in [6.07, 6.45) is -2.24. The molecule has 0 fully saturated rings. The molecule has 0 spiro atoms. The van der Waals surface area contributed by atoms with E-state index in [9.17, 15) is 22.4 Å². The number of nitrogens with one attached hydrogen (secondary N) is 1. The number of halogens is 4. The van der Waals surface area contributed by atoms with Gasteiger partial charge >= 0.3 is 12.1 Å². The minimum Gasteiger partial charge on any atom is -0.473 e. The molecule has 0 radical (unpaired) electrons. The van der Waals surface area contributed by atoms with Crippen molar-refractivity contribution in [2.45, 2.75) is 25.7 Å². The van der Waals surface area contributed by atoms with Crippen molar-refractivity contribution in [1.29, 1.82) is 0 Å². The molecule has 7 nitrogen and oxygen atoms in total. The van der Waals surface area contributed by atoms with Gasteiger partial charge in [0.25, 0.3) is 0 Å². The molecule has 3 aromatic heterocycles. The molecule has 3 heterocycles. The van der Waals surface area contributed by atoms with Crippen LogP contribution < -0.4 is 4.74 Å². The molecule has 11 heteroatoms. The summed E-state index contributed by atoms with van der Waals surface area (Å²) < 4.78 is 65.3. The average molecular weight is 615 g/mol. The van der Waals surface area contributed by atoms with E-state index in [4.69, 9.17) is 14.5 Å². The van der Waals surface area contributed by atoms with Crippen LogP contribution in [0.25, 0.3) is 22.3 Å². The lowest BCUT2D eigenvalue weighted by atomic mass is 10.1. The molecule has 0 saturated carbocycles. The molecule has 0 aliphatic heterocycles. The number of carbonyl (C=O) groups excluding carboxylic acids is 1. The molecule has 0 saturated heterocycles. The number of hydrogen-bond acceptors (Lipinski definition) is 5. The van der Waals surface area contributed by atoms with Crippen LogP contribution in [0.1, 0.15) is 38.6 Å². The van der Waals surface area contributed by atoms with Crippen molar-refractivity contribution in [2.75, 3.05) is 7.11 Å². The maximum absolute atomic E-state index is 14.2. The van der Waals surface area contributed by atoms with Crippen LogP contribution >= 0.6 is 0 Å². The molecule has 0 aliphatic rings. The lowest BCUT2D eigenvalue weighted by Crippen LogP contribution is -2.07. The van der Waals surface area contributed by atoms with Gasteiger partial charge in [0.1, 0.15) is 18.2 Å². The van der Waals surface area contributed by atoms with Crippen molar-refractivity contribution in [3.05, 3.63) is 137 Å². The van der Waals surface area contributed by atoms with E-state index >= 15 is 0 Å². The highest BCUT2D eigenvalue weighted by Crippen LogP contribution is 2.31. The summed E-state index contributed by atoms with van der Waals surface area (Å²) in [6, 6.07) is 24.5. The Hall–Kier alpha value is -5.45. The first kappa shape index (κ1) is 29.6. The Balaban J connectivity index is 1.20. The van der Waals surface area contributed by atoms with Crippen LogP contribution in [0.3, 0.4) is 0 Å². The third-order valence-electron chi connectivity index (χ3n) is 7.33. The normalized spacial score (nSPS) is 11.6. The molecule has 6 rings (SSSR count). The SMILES string of the molecule is COC(=O)c1ccc2nc(Cc3ccc(-c4cccc(OCc5ccc(C(F)(F)F)cc5F)n4)cc3)n(Cc3ccc[nH]3)c2c1. The number of pyridine rings is 1. The standard InChI is InChI=1S/C34H26F4N4O3/c1-44-33(43)23-12-14-29-30(17-23)42(19-26-4-3-15-39-26)31(40-29)16-21-7-9-22(10-8-21)28-5-2-6-32(41-28)45-20-24-11-13-25(18-27(24)35)34(36,37)38/h2-15,17-18,39H,16,19-20H2,1H3. The van der Waals surface area contributed by atoms with Gasteiger partial charge in [-0.2, -0.15) is 13.2 Å². The van der Waals surface area contributed by atoms with Gasteiger partial charge in [0, 0.05) is 35.5 Å². The topological polar surface area (TPSA) is 82.0 Å². The van der Waals surface area contributed by atoms with Crippen LogP contribution in [-0.2, 0) is 30.5 Å². The number of fused-ring (bicyclic) bond motifs is 1. The summed E-state index contributed by atoms with van der Waals surface area (Å²) in [5.74, 6) is -0.392. The maximum Gasteiger partial charge on any atom is 0.416 e. The number of hydrogen-bond donors (Lipinski definition) is 1. The number of ether oxygens (including phenoxy) is 2. The number of H-pyrrole nitrogens is 1.